The van der Waals surface area contributed by atoms with Gasteiger partial charge in [0.2, 0.25) is 0 Å². The number of aromatic nitrogens is 2. The molecule has 4 heteroatoms. The van der Waals surface area contributed by atoms with E-state index in [-0.39, 0.29) is 5.41 Å². The van der Waals surface area contributed by atoms with E-state index in [4.69, 9.17) is 9.72 Å². The first-order valence-corrected chi connectivity index (χ1v) is 13.2. The number of fused-ring (bicyclic) bond motifs is 6. The Kier molecular flexibility index (Phi) is 4.77. The average molecular weight is 578 g/mol. The number of hydrogen-bond donors (Lipinski definition) is 0. The Balaban J connectivity index is 1.44. The van der Waals surface area contributed by atoms with Gasteiger partial charge in [0.25, 0.3) is 0 Å². The maximum absolute atomic E-state index is 6.27. The summed E-state index contributed by atoms with van der Waals surface area (Å²) < 4.78 is 9.68. The summed E-state index contributed by atoms with van der Waals surface area (Å²) in [7, 11) is 0. The van der Waals surface area contributed by atoms with Gasteiger partial charge in [0.05, 0.1) is 11.0 Å². The molecule has 0 bridgehead atoms. The summed E-state index contributed by atoms with van der Waals surface area (Å²) in [6, 6.07) is 33.9. The van der Waals surface area contributed by atoms with E-state index in [9.17, 15) is 0 Å². The van der Waals surface area contributed by atoms with E-state index in [1.807, 2.05) is 24.4 Å². The molecule has 174 valence electrons. The molecule has 0 saturated carbocycles. The van der Waals surface area contributed by atoms with Crippen molar-refractivity contribution in [2.24, 2.45) is 0 Å². The third kappa shape index (κ3) is 3.21. The SMILES string of the molecule is CC1(C)c2ccccc2-c2cnc(-n3c4ccccc4c4ccc(Oc5cccc(I)c5)cc43)cc21. The molecule has 4 aromatic carbocycles. The highest BCUT2D eigenvalue weighted by molar-refractivity contribution is 14.1. The van der Waals surface area contributed by atoms with Crippen LogP contribution in [0.1, 0.15) is 25.0 Å². The maximum Gasteiger partial charge on any atom is 0.137 e. The molecule has 0 atom stereocenters. The summed E-state index contributed by atoms with van der Waals surface area (Å²) in [5.41, 5.74) is 7.32. The molecule has 3 nitrogen and oxygen atoms in total. The zero-order valence-corrected chi connectivity index (χ0v) is 22.2. The van der Waals surface area contributed by atoms with Crippen molar-refractivity contribution in [3.63, 3.8) is 0 Å². The standard InChI is InChI=1S/C32H23IN2O/c1-32(2)27-12-5-3-10-23(27)26-19-34-31(18-28(26)32)35-29-13-6-4-11-24(29)25-15-14-22(17-30(25)35)36-21-9-7-8-20(33)16-21/h3-19H,1-2H3. The molecule has 36 heavy (non-hydrogen) atoms. The molecular formula is C32H23IN2O. The molecule has 0 amide bonds. The van der Waals surface area contributed by atoms with Crippen LogP contribution < -0.4 is 4.74 Å². The summed E-state index contributed by atoms with van der Waals surface area (Å²) in [6.45, 7) is 4.61. The van der Waals surface area contributed by atoms with Crippen LogP contribution in [0.25, 0.3) is 38.8 Å². The predicted octanol–water partition coefficient (Wildman–Crippen LogP) is 8.88. The second-order valence-electron chi connectivity index (χ2n) is 9.85. The number of rotatable bonds is 3. The summed E-state index contributed by atoms with van der Waals surface area (Å²) in [6.07, 6.45) is 2.05. The second-order valence-corrected chi connectivity index (χ2v) is 11.1. The molecule has 7 rings (SSSR count). The zero-order chi connectivity index (χ0) is 24.4. The van der Waals surface area contributed by atoms with Crippen molar-refractivity contribution in [1.82, 2.24) is 9.55 Å². The molecule has 2 heterocycles. The van der Waals surface area contributed by atoms with Crippen molar-refractivity contribution >= 4 is 44.4 Å². The zero-order valence-electron chi connectivity index (χ0n) is 20.0. The second kappa shape index (κ2) is 7.93. The van der Waals surface area contributed by atoms with Crippen molar-refractivity contribution < 1.29 is 4.74 Å². The van der Waals surface area contributed by atoms with Crippen LogP contribution in [0, 0.1) is 3.57 Å². The maximum atomic E-state index is 6.27. The van der Waals surface area contributed by atoms with Crippen molar-refractivity contribution in [2.75, 3.05) is 0 Å². The monoisotopic (exact) mass is 578 g/mol. The van der Waals surface area contributed by atoms with Gasteiger partial charge in [-0.05, 0) is 81.7 Å². The van der Waals surface area contributed by atoms with Crippen molar-refractivity contribution in [2.45, 2.75) is 19.3 Å². The van der Waals surface area contributed by atoms with E-state index in [2.05, 4.69) is 120 Å². The van der Waals surface area contributed by atoms with Crippen LogP contribution in [-0.2, 0) is 5.41 Å². The number of nitrogens with zero attached hydrogens (tertiary/aromatic N) is 2. The lowest BCUT2D eigenvalue weighted by Crippen LogP contribution is -2.15. The fourth-order valence-electron chi connectivity index (χ4n) is 5.63. The van der Waals surface area contributed by atoms with Crippen molar-refractivity contribution in [3.8, 4) is 28.4 Å². The predicted molar refractivity (Wildman–Crippen MR) is 155 cm³/mol. The first kappa shape index (κ1) is 21.6. The quantitative estimate of drug-likeness (QED) is 0.196. The van der Waals surface area contributed by atoms with Gasteiger partial charge in [0.15, 0.2) is 0 Å². The van der Waals surface area contributed by atoms with Gasteiger partial charge in [0.1, 0.15) is 17.3 Å². The van der Waals surface area contributed by atoms with Gasteiger partial charge < -0.3 is 4.74 Å². The van der Waals surface area contributed by atoms with Crippen LogP contribution in [0.15, 0.2) is 103 Å². The van der Waals surface area contributed by atoms with Crippen LogP contribution in [0.3, 0.4) is 0 Å². The lowest BCUT2D eigenvalue weighted by atomic mass is 9.83. The van der Waals surface area contributed by atoms with Crippen molar-refractivity contribution in [3.05, 3.63) is 118 Å². The highest BCUT2D eigenvalue weighted by atomic mass is 127. The normalized spacial score (nSPS) is 13.6. The fourth-order valence-corrected chi connectivity index (χ4v) is 6.15. The summed E-state index contributed by atoms with van der Waals surface area (Å²) >= 11 is 2.31. The third-order valence-electron chi connectivity index (χ3n) is 7.36. The van der Waals surface area contributed by atoms with E-state index < -0.39 is 0 Å². The smallest absolute Gasteiger partial charge is 0.137 e. The molecule has 0 fully saturated rings. The highest BCUT2D eigenvalue weighted by Gasteiger charge is 2.35. The largest absolute Gasteiger partial charge is 0.457 e. The van der Waals surface area contributed by atoms with Crippen molar-refractivity contribution in [1.29, 1.82) is 0 Å². The minimum Gasteiger partial charge on any atom is -0.457 e. The Labute approximate surface area is 223 Å². The summed E-state index contributed by atoms with van der Waals surface area (Å²) in [4.78, 5) is 5.00. The van der Waals surface area contributed by atoms with E-state index in [0.29, 0.717) is 0 Å². The van der Waals surface area contributed by atoms with Gasteiger partial charge in [-0.25, -0.2) is 4.98 Å². The fraction of sp³-hybridized carbons (Fsp3) is 0.0938. The molecule has 0 spiro atoms. The van der Waals surface area contributed by atoms with Gasteiger partial charge in [-0.15, -0.1) is 0 Å². The number of pyridine rings is 1. The molecule has 0 aliphatic heterocycles. The van der Waals surface area contributed by atoms with Crippen LogP contribution in [0.2, 0.25) is 0 Å². The van der Waals surface area contributed by atoms with Gasteiger partial charge in [-0.1, -0.05) is 62.4 Å². The number of hydrogen-bond acceptors (Lipinski definition) is 2. The van der Waals surface area contributed by atoms with Crippen LogP contribution in [-0.4, -0.2) is 9.55 Å². The Morgan fingerprint density at radius 1 is 0.694 bits per heavy atom. The van der Waals surface area contributed by atoms with E-state index in [1.54, 1.807) is 0 Å². The molecule has 6 aromatic rings. The number of halogens is 1. The van der Waals surface area contributed by atoms with Crippen LogP contribution in [0.4, 0.5) is 0 Å². The molecule has 2 aromatic heterocycles. The minimum absolute atomic E-state index is 0.0822. The van der Waals surface area contributed by atoms with Gasteiger partial charge in [-0.2, -0.15) is 0 Å². The molecule has 0 N–H and O–H groups in total. The Bertz CT molecular complexity index is 1820. The minimum atomic E-state index is -0.0822. The Morgan fingerprint density at radius 3 is 2.36 bits per heavy atom. The lowest BCUT2D eigenvalue weighted by Gasteiger charge is -2.22. The van der Waals surface area contributed by atoms with Gasteiger partial charge in [0, 0.05) is 37.6 Å². The van der Waals surface area contributed by atoms with Gasteiger partial charge >= 0.3 is 0 Å². The van der Waals surface area contributed by atoms with E-state index in [1.165, 1.54) is 33.0 Å². The highest BCUT2D eigenvalue weighted by Crippen LogP contribution is 2.49. The number of benzene rings is 4. The Hall–Kier alpha value is -3.64. The first-order valence-electron chi connectivity index (χ1n) is 12.1. The first-order chi connectivity index (χ1) is 17.5. The molecule has 0 radical (unpaired) electrons. The molecule has 0 unspecified atom stereocenters. The van der Waals surface area contributed by atoms with E-state index >= 15 is 0 Å². The number of para-hydroxylation sites is 1. The third-order valence-corrected chi connectivity index (χ3v) is 8.03. The molecule has 1 aliphatic rings. The van der Waals surface area contributed by atoms with Gasteiger partial charge in [-0.3, -0.25) is 4.57 Å². The Morgan fingerprint density at radius 2 is 1.47 bits per heavy atom. The molecular weight excluding hydrogens is 555 g/mol. The van der Waals surface area contributed by atoms with Crippen LogP contribution >= 0.6 is 22.6 Å². The lowest BCUT2D eigenvalue weighted by molar-refractivity contribution is 0.483. The summed E-state index contributed by atoms with van der Waals surface area (Å²) in [5, 5.41) is 2.39. The topological polar surface area (TPSA) is 27.1 Å². The molecule has 1 aliphatic carbocycles. The number of ether oxygens (including phenoxy) is 1. The van der Waals surface area contributed by atoms with Crippen LogP contribution in [0.5, 0.6) is 11.5 Å². The average Bonchev–Trinajstić information content (AvgIpc) is 3.33. The molecule has 0 saturated heterocycles. The summed E-state index contributed by atoms with van der Waals surface area (Å²) in [5.74, 6) is 2.56. The van der Waals surface area contributed by atoms with E-state index in [0.717, 1.165) is 31.9 Å².